The Morgan fingerprint density at radius 3 is 1.40 bits per heavy atom. The molecule has 0 fully saturated rings. The highest BCUT2D eigenvalue weighted by Gasteiger charge is 2.18. The molecule has 0 nitrogen and oxygen atoms in total. The van der Waals surface area contributed by atoms with Crippen molar-refractivity contribution in [1.82, 2.24) is 0 Å². The molecular formula is C50H32. The van der Waals surface area contributed by atoms with E-state index in [1.165, 1.54) is 98.4 Å². The third-order valence-corrected chi connectivity index (χ3v) is 10.4. The Labute approximate surface area is 291 Å². The van der Waals surface area contributed by atoms with E-state index in [0.29, 0.717) is 0 Å². The number of rotatable bonds is 4. The minimum absolute atomic E-state index is 1.23. The Bertz CT molecular complexity index is 2860. The molecule has 0 aliphatic rings. The lowest BCUT2D eigenvalue weighted by atomic mass is 9.84. The Balaban J connectivity index is 1.21. The van der Waals surface area contributed by atoms with E-state index in [0.717, 1.165) is 0 Å². The van der Waals surface area contributed by atoms with Crippen molar-refractivity contribution < 1.29 is 0 Å². The van der Waals surface area contributed by atoms with E-state index in [-0.39, 0.29) is 0 Å². The van der Waals surface area contributed by atoms with Crippen LogP contribution in [0, 0.1) is 0 Å². The molecule has 0 radical (unpaired) electrons. The summed E-state index contributed by atoms with van der Waals surface area (Å²) >= 11 is 0. The van der Waals surface area contributed by atoms with Crippen LogP contribution in [0.4, 0.5) is 0 Å². The van der Waals surface area contributed by atoms with Gasteiger partial charge in [-0.1, -0.05) is 170 Å². The molecule has 0 saturated heterocycles. The van der Waals surface area contributed by atoms with Crippen LogP contribution in [0.3, 0.4) is 0 Å². The van der Waals surface area contributed by atoms with Crippen LogP contribution in [0.1, 0.15) is 0 Å². The lowest BCUT2D eigenvalue weighted by Gasteiger charge is -2.19. The molecule has 0 aliphatic carbocycles. The normalized spacial score (nSPS) is 11.6. The van der Waals surface area contributed by atoms with Gasteiger partial charge in [-0.3, -0.25) is 0 Å². The van der Waals surface area contributed by atoms with Gasteiger partial charge in [0, 0.05) is 0 Å². The van der Waals surface area contributed by atoms with Gasteiger partial charge in [-0.05, 0) is 123 Å². The quantitative estimate of drug-likeness (QED) is 0.134. The summed E-state index contributed by atoms with van der Waals surface area (Å²) in [5.41, 5.74) is 10.00. The Hall–Kier alpha value is -6.50. The Morgan fingerprint density at radius 1 is 0.200 bits per heavy atom. The average Bonchev–Trinajstić information content (AvgIpc) is 3.19. The first kappa shape index (κ1) is 28.5. The highest BCUT2D eigenvalue weighted by molar-refractivity contribution is 6.23. The number of fused-ring (bicyclic) bond motifs is 6. The second-order valence-electron chi connectivity index (χ2n) is 13.3. The summed E-state index contributed by atoms with van der Waals surface area (Å²) in [4.78, 5) is 0. The van der Waals surface area contributed by atoms with Crippen LogP contribution in [-0.2, 0) is 0 Å². The highest BCUT2D eigenvalue weighted by atomic mass is 14.2. The van der Waals surface area contributed by atoms with Crippen molar-refractivity contribution in [3.8, 4) is 44.5 Å². The molecule has 0 aliphatic heterocycles. The predicted octanol–water partition coefficient (Wildman–Crippen LogP) is 14.1. The summed E-state index contributed by atoms with van der Waals surface area (Å²) in [5, 5.41) is 12.7. The van der Waals surface area contributed by atoms with Crippen molar-refractivity contribution >= 4 is 53.9 Å². The zero-order valence-corrected chi connectivity index (χ0v) is 27.5. The summed E-state index contributed by atoms with van der Waals surface area (Å²) < 4.78 is 0. The third-order valence-electron chi connectivity index (χ3n) is 10.4. The first-order valence-electron chi connectivity index (χ1n) is 17.3. The van der Waals surface area contributed by atoms with Gasteiger partial charge in [-0.15, -0.1) is 0 Å². The fraction of sp³-hybridized carbons (Fsp3) is 0. The van der Waals surface area contributed by atoms with Crippen LogP contribution >= 0.6 is 0 Å². The van der Waals surface area contributed by atoms with Gasteiger partial charge in [0.15, 0.2) is 0 Å². The molecule has 0 N–H and O–H groups in total. The van der Waals surface area contributed by atoms with Crippen molar-refractivity contribution in [2.24, 2.45) is 0 Å². The van der Waals surface area contributed by atoms with Crippen LogP contribution in [0.25, 0.3) is 98.4 Å². The van der Waals surface area contributed by atoms with Gasteiger partial charge in [0.25, 0.3) is 0 Å². The lowest BCUT2D eigenvalue weighted by molar-refractivity contribution is 1.61. The van der Waals surface area contributed by atoms with Crippen molar-refractivity contribution in [1.29, 1.82) is 0 Å². The zero-order chi connectivity index (χ0) is 33.0. The lowest BCUT2D eigenvalue weighted by Crippen LogP contribution is -1.92. The standard InChI is InChI=1S/C50H32/c1-2-13-33(14-3-1)36-17-12-18-39(30-36)49-43-21-8-10-23-45(43)50(46-24-11-9-22-44(46)49)40-28-27-38-31-47(41-19-6-7-20-42(41)48(38)32-40)37-26-25-34-15-4-5-16-35(34)29-37/h1-32H. The van der Waals surface area contributed by atoms with E-state index in [4.69, 9.17) is 0 Å². The largest absolute Gasteiger partial charge is 0.0622 e. The van der Waals surface area contributed by atoms with Gasteiger partial charge in [0.2, 0.25) is 0 Å². The van der Waals surface area contributed by atoms with E-state index in [2.05, 4.69) is 194 Å². The van der Waals surface area contributed by atoms with Gasteiger partial charge >= 0.3 is 0 Å². The maximum Gasteiger partial charge on any atom is -0.00261 e. The smallest absolute Gasteiger partial charge is 0.00261 e. The van der Waals surface area contributed by atoms with Gasteiger partial charge in [-0.25, -0.2) is 0 Å². The molecule has 0 bridgehead atoms. The minimum atomic E-state index is 1.23. The van der Waals surface area contributed by atoms with Crippen LogP contribution in [0.5, 0.6) is 0 Å². The van der Waals surface area contributed by atoms with Crippen molar-refractivity contribution in [2.75, 3.05) is 0 Å². The van der Waals surface area contributed by atoms with Gasteiger partial charge in [0.1, 0.15) is 0 Å². The fourth-order valence-corrected chi connectivity index (χ4v) is 8.09. The maximum absolute atomic E-state index is 2.42. The van der Waals surface area contributed by atoms with E-state index < -0.39 is 0 Å². The van der Waals surface area contributed by atoms with Crippen LogP contribution in [0.2, 0.25) is 0 Å². The van der Waals surface area contributed by atoms with Crippen molar-refractivity contribution in [3.63, 3.8) is 0 Å². The van der Waals surface area contributed by atoms with E-state index in [1.54, 1.807) is 0 Å². The molecule has 0 atom stereocenters. The molecule has 10 aromatic rings. The second-order valence-corrected chi connectivity index (χ2v) is 13.3. The molecule has 0 heteroatoms. The molecular weight excluding hydrogens is 601 g/mol. The fourth-order valence-electron chi connectivity index (χ4n) is 8.09. The Kier molecular flexibility index (Phi) is 6.60. The second kappa shape index (κ2) is 11.6. The summed E-state index contributed by atoms with van der Waals surface area (Å²) in [5.74, 6) is 0. The summed E-state index contributed by atoms with van der Waals surface area (Å²) in [6.07, 6.45) is 0. The predicted molar refractivity (Wildman–Crippen MR) is 216 cm³/mol. The monoisotopic (exact) mass is 632 g/mol. The summed E-state index contributed by atoms with van der Waals surface area (Å²) in [6.45, 7) is 0. The van der Waals surface area contributed by atoms with Crippen LogP contribution < -0.4 is 0 Å². The molecule has 0 unspecified atom stereocenters. The molecule has 0 aromatic heterocycles. The van der Waals surface area contributed by atoms with Crippen molar-refractivity contribution in [3.05, 3.63) is 194 Å². The molecule has 0 amide bonds. The minimum Gasteiger partial charge on any atom is -0.0622 e. The SMILES string of the molecule is c1ccc(-c2cccc(-c3c4ccccc4c(-c4ccc5cc(-c6ccc7ccccc7c6)c6ccccc6c5c4)c4ccccc34)c2)cc1. The highest BCUT2D eigenvalue weighted by Crippen LogP contribution is 2.45. The van der Waals surface area contributed by atoms with Crippen LogP contribution in [-0.4, -0.2) is 0 Å². The molecule has 10 rings (SSSR count). The Morgan fingerprint density at radius 2 is 0.700 bits per heavy atom. The van der Waals surface area contributed by atoms with Gasteiger partial charge < -0.3 is 0 Å². The maximum atomic E-state index is 2.42. The topological polar surface area (TPSA) is 0 Å². The number of benzene rings is 10. The first-order chi connectivity index (χ1) is 24.8. The number of hydrogen-bond donors (Lipinski definition) is 0. The van der Waals surface area contributed by atoms with E-state index in [1.807, 2.05) is 0 Å². The van der Waals surface area contributed by atoms with E-state index >= 15 is 0 Å². The third kappa shape index (κ3) is 4.61. The molecule has 10 aromatic carbocycles. The molecule has 0 spiro atoms. The summed E-state index contributed by atoms with van der Waals surface area (Å²) in [7, 11) is 0. The van der Waals surface area contributed by atoms with Gasteiger partial charge in [0.05, 0.1) is 0 Å². The van der Waals surface area contributed by atoms with Crippen molar-refractivity contribution in [2.45, 2.75) is 0 Å². The van der Waals surface area contributed by atoms with Crippen LogP contribution in [0.15, 0.2) is 194 Å². The molecule has 0 heterocycles. The molecule has 232 valence electrons. The summed E-state index contributed by atoms with van der Waals surface area (Å²) in [6, 6.07) is 71.3. The van der Waals surface area contributed by atoms with Gasteiger partial charge in [-0.2, -0.15) is 0 Å². The average molecular weight is 633 g/mol. The first-order valence-corrected chi connectivity index (χ1v) is 17.3. The zero-order valence-electron chi connectivity index (χ0n) is 27.5. The number of hydrogen-bond acceptors (Lipinski definition) is 0. The molecule has 0 saturated carbocycles. The van der Waals surface area contributed by atoms with E-state index in [9.17, 15) is 0 Å². The molecule has 50 heavy (non-hydrogen) atoms.